The van der Waals surface area contributed by atoms with Crippen molar-refractivity contribution in [2.45, 2.75) is 41.5 Å². The summed E-state index contributed by atoms with van der Waals surface area (Å²) < 4.78 is 0. The van der Waals surface area contributed by atoms with E-state index in [2.05, 4.69) is 126 Å². The van der Waals surface area contributed by atoms with Gasteiger partial charge in [-0.15, -0.1) is 0 Å². The SMILES string of the molecule is CC(C)(C)C(c1ccccc1)=c1ccccc1=C(c1ccccc1)C(C)(C)C. The highest BCUT2D eigenvalue weighted by atomic mass is 14.3. The van der Waals surface area contributed by atoms with Gasteiger partial charge < -0.3 is 0 Å². The van der Waals surface area contributed by atoms with Crippen LogP contribution in [-0.4, -0.2) is 0 Å². The van der Waals surface area contributed by atoms with Crippen LogP contribution in [-0.2, 0) is 0 Å². The van der Waals surface area contributed by atoms with Gasteiger partial charge in [0.15, 0.2) is 0 Å². The monoisotopic (exact) mass is 368 g/mol. The fraction of sp³-hybridized carbons (Fsp3) is 0.286. The van der Waals surface area contributed by atoms with E-state index in [4.69, 9.17) is 0 Å². The maximum absolute atomic E-state index is 2.31. The van der Waals surface area contributed by atoms with Crippen LogP contribution in [0.5, 0.6) is 0 Å². The smallest absolute Gasteiger partial charge is 0.0120 e. The van der Waals surface area contributed by atoms with E-state index in [0.717, 1.165) is 0 Å². The molecule has 144 valence electrons. The van der Waals surface area contributed by atoms with E-state index in [1.54, 1.807) is 0 Å². The van der Waals surface area contributed by atoms with Gasteiger partial charge in [0, 0.05) is 0 Å². The molecule has 3 rings (SSSR count). The van der Waals surface area contributed by atoms with E-state index < -0.39 is 0 Å². The fourth-order valence-electron chi connectivity index (χ4n) is 4.11. The molecule has 0 heteroatoms. The molecule has 28 heavy (non-hydrogen) atoms. The molecule has 0 atom stereocenters. The normalized spacial score (nSPS) is 14.5. The molecule has 0 aliphatic rings. The topological polar surface area (TPSA) is 0 Å². The average Bonchev–Trinajstić information content (AvgIpc) is 2.63. The zero-order valence-corrected chi connectivity index (χ0v) is 18.1. The molecule has 0 nitrogen and oxygen atoms in total. The standard InChI is InChI=1S/C28H32/c1-27(2,3)25(21-15-9-7-10-16-21)23-19-13-14-20-24(23)26(28(4,5)6)22-17-11-8-12-18-22/h7-20H,1-6H3. The lowest BCUT2D eigenvalue weighted by Crippen LogP contribution is -2.36. The summed E-state index contributed by atoms with van der Waals surface area (Å²) in [7, 11) is 0. The van der Waals surface area contributed by atoms with E-state index in [0.29, 0.717) is 0 Å². The molecule has 0 unspecified atom stereocenters. The van der Waals surface area contributed by atoms with Crippen LogP contribution in [0.1, 0.15) is 52.7 Å². The molecule has 3 aromatic rings. The largest absolute Gasteiger partial charge is 0.0622 e. The van der Waals surface area contributed by atoms with Crippen molar-refractivity contribution in [3.63, 3.8) is 0 Å². The Balaban J connectivity index is 2.59. The molecular formula is C28H32. The van der Waals surface area contributed by atoms with Crippen molar-refractivity contribution >= 4 is 11.1 Å². The summed E-state index contributed by atoms with van der Waals surface area (Å²) in [5.41, 5.74) is 5.42. The zero-order valence-electron chi connectivity index (χ0n) is 18.1. The minimum absolute atomic E-state index is 0.0249. The molecule has 0 radical (unpaired) electrons. The van der Waals surface area contributed by atoms with Crippen molar-refractivity contribution in [2.24, 2.45) is 10.8 Å². The first-order valence-electron chi connectivity index (χ1n) is 10.1. The van der Waals surface area contributed by atoms with Gasteiger partial charge in [-0.1, -0.05) is 126 Å². The summed E-state index contributed by atoms with van der Waals surface area (Å²) in [4.78, 5) is 0. The Morgan fingerprint density at radius 3 is 1.00 bits per heavy atom. The fourth-order valence-corrected chi connectivity index (χ4v) is 4.11. The van der Waals surface area contributed by atoms with Gasteiger partial charge in [-0.2, -0.15) is 0 Å². The molecule has 0 aliphatic heterocycles. The highest BCUT2D eigenvalue weighted by Crippen LogP contribution is 2.33. The predicted octanol–water partition coefficient (Wildman–Crippen LogP) is 6.18. The number of hydrogen-bond donors (Lipinski definition) is 0. The second-order valence-electron chi connectivity index (χ2n) is 9.53. The maximum atomic E-state index is 2.31. The van der Waals surface area contributed by atoms with Crippen molar-refractivity contribution in [2.75, 3.05) is 0 Å². The van der Waals surface area contributed by atoms with Gasteiger partial charge in [0.25, 0.3) is 0 Å². The summed E-state index contributed by atoms with van der Waals surface area (Å²) >= 11 is 0. The highest BCUT2D eigenvalue weighted by molar-refractivity contribution is 5.74. The van der Waals surface area contributed by atoms with E-state index in [9.17, 15) is 0 Å². The molecule has 0 bridgehead atoms. The quantitative estimate of drug-likeness (QED) is 0.507. The molecule has 0 spiro atoms. The lowest BCUT2D eigenvalue weighted by Gasteiger charge is -2.27. The predicted molar refractivity (Wildman–Crippen MR) is 123 cm³/mol. The van der Waals surface area contributed by atoms with E-state index in [-0.39, 0.29) is 10.8 Å². The number of benzene rings is 3. The Hall–Kier alpha value is -2.60. The highest BCUT2D eigenvalue weighted by Gasteiger charge is 2.23. The first-order valence-corrected chi connectivity index (χ1v) is 10.1. The van der Waals surface area contributed by atoms with Crippen molar-refractivity contribution < 1.29 is 0 Å². The Labute approximate surface area is 170 Å². The number of hydrogen-bond acceptors (Lipinski definition) is 0. The third kappa shape index (κ3) is 4.28. The molecule has 0 heterocycles. The van der Waals surface area contributed by atoms with Gasteiger partial charge in [-0.25, -0.2) is 0 Å². The minimum Gasteiger partial charge on any atom is -0.0622 e. The van der Waals surface area contributed by atoms with Crippen molar-refractivity contribution in [3.05, 3.63) is 106 Å². The van der Waals surface area contributed by atoms with Gasteiger partial charge in [0.05, 0.1) is 0 Å². The summed E-state index contributed by atoms with van der Waals surface area (Å²) in [6, 6.07) is 30.6. The van der Waals surface area contributed by atoms with Crippen LogP contribution >= 0.6 is 0 Å². The van der Waals surface area contributed by atoms with Gasteiger partial charge in [-0.3, -0.25) is 0 Å². The van der Waals surface area contributed by atoms with Gasteiger partial charge in [-0.05, 0) is 43.5 Å². The Kier molecular flexibility index (Phi) is 5.61. The first-order chi connectivity index (χ1) is 13.2. The molecule has 0 N–H and O–H groups in total. The Morgan fingerprint density at radius 2 is 0.714 bits per heavy atom. The third-order valence-corrected chi connectivity index (χ3v) is 5.09. The van der Waals surface area contributed by atoms with E-state index >= 15 is 0 Å². The Morgan fingerprint density at radius 1 is 0.429 bits per heavy atom. The van der Waals surface area contributed by atoms with Crippen LogP contribution in [0.2, 0.25) is 0 Å². The van der Waals surface area contributed by atoms with Crippen LogP contribution in [0, 0.1) is 10.8 Å². The summed E-state index contributed by atoms with van der Waals surface area (Å²) in [5, 5.41) is 2.66. The zero-order chi connectivity index (χ0) is 20.4. The molecule has 0 aliphatic carbocycles. The first kappa shape index (κ1) is 20.1. The van der Waals surface area contributed by atoms with E-state index in [1.807, 2.05) is 0 Å². The van der Waals surface area contributed by atoms with Crippen LogP contribution in [0.4, 0.5) is 0 Å². The van der Waals surface area contributed by atoms with Crippen molar-refractivity contribution in [3.8, 4) is 0 Å². The summed E-state index contributed by atoms with van der Waals surface area (Å²) in [6.07, 6.45) is 0. The van der Waals surface area contributed by atoms with Gasteiger partial charge >= 0.3 is 0 Å². The molecular weight excluding hydrogens is 336 g/mol. The van der Waals surface area contributed by atoms with Crippen molar-refractivity contribution in [1.82, 2.24) is 0 Å². The Bertz CT molecular complexity index is 952. The third-order valence-electron chi connectivity index (χ3n) is 5.09. The van der Waals surface area contributed by atoms with Crippen LogP contribution in [0.25, 0.3) is 11.1 Å². The molecule has 0 fully saturated rings. The summed E-state index contributed by atoms with van der Waals surface area (Å²) in [5.74, 6) is 0. The molecule has 0 aromatic heterocycles. The average molecular weight is 369 g/mol. The molecule has 0 saturated carbocycles. The lowest BCUT2D eigenvalue weighted by atomic mass is 9.77. The molecule has 3 aromatic carbocycles. The lowest BCUT2D eigenvalue weighted by molar-refractivity contribution is 0.559. The minimum atomic E-state index is 0.0249. The van der Waals surface area contributed by atoms with E-state index in [1.165, 1.54) is 32.7 Å². The second-order valence-corrected chi connectivity index (χ2v) is 9.53. The van der Waals surface area contributed by atoms with Crippen LogP contribution in [0.15, 0.2) is 84.9 Å². The number of rotatable bonds is 2. The van der Waals surface area contributed by atoms with Gasteiger partial charge in [0.2, 0.25) is 0 Å². The van der Waals surface area contributed by atoms with Crippen LogP contribution in [0.3, 0.4) is 0 Å². The second kappa shape index (κ2) is 7.80. The molecule has 0 amide bonds. The van der Waals surface area contributed by atoms with Gasteiger partial charge in [0.1, 0.15) is 0 Å². The summed E-state index contributed by atoms with van der Waals surface area (Å²) in [6.45, 7) is 13.9. The van der Waals surface area contributed by atoms with Crippen LogP contribution < -0.4 is 10.4 Å². The maximum Gasteiger partial charge on any atom is -0.0120 e. The molecule has 0 saturated heterocycles. The van der Waals surface area contributed by atoms with Crippen molar-refractivity contribution in [1.29, 1.82) is 0 Å².